The maximum absolute atomic E-state index is 11.9. The summed E-state index contributed by atoms with van der Waals surface area (Å²) in [5.74, 6) is -0.165. The number of hydrogen-bond acceptors (Lipinski definition) is 9. The Morgan fingerprint density at radius 2 is 1.37 bits per heavy atom. The number of carbonyl (C=O) groups excluding carboxylic acids is 1. The van der Waals surface area contributed by atoms with Crippen molar-refractivity contribution in [3.8, 4) is 0 Å². The molecule has 2 rings (SSSR count). The van der Waals surface area contributed by atoms with Gasteiger partial charge in [0, 0.05) is 52.8 Å². The number of morpholine rings is 2. The van der Waals surface area contributed by atoms with Gasteiger partial charge in [0.15, 0.2) is 0 Å². The molecular weight excluding hydrogens is 392 g/mol. The van der Waals surface area contributed by atoms with Gasteiger partial charge >= 0.3 is 5.97 Å². The number of hydrogen-bond donors (Lipinski definition) is 0. The Morgan fingerprint density at radius 1 is 0.867 bits per heavy atom. The van der Waals surface area contributed by atoms with Crippen LogP contribution in [0, 0.1) is 0 Å². The van der Waals surface area contributed by atoms with Gasteiger partial charge in [-0.2, -0.15) is 0 Å². The second-order valence-electron chi connectivity index (χ2n) is 7.70. The minimum atomic E-state index is -0.268. The molecule has 2 unspecified atom stereocenters. The first-order valence-electron chi connectivity index (χ1n) is 11.2. The first-order valence-corrected chi connectivity index (χ1v) is 11.2. The van der Waals surface area contributed by atoms with Crippen molar-refractivity contribution in [1.82, 2.24) is 9.80 Å². The van der Waals surface area contributed by atoms with E-state index < -0.39 is 0 Å². The van der Waals surface area contributed by atoms with E-state index in [1.165, 1.54) is 0 Å². The molecule has 0 aromatic heterocycles. The average Bonchev–Trinajstić information content (AvgIpc) is 2.76. The molecule has 9 heteroatoms. The number of ether oxygens (including phenoxy) is 6. The molecule has 2 fully saturated rings. The van der Waals surface area contributed by atoms with Crippen LogP contribution in [0.4, 0.5) is 0 Å². The quantitative estimate of drug-likeness (QED) is 0.270. The summed E-state index contributed by atoms with van der Waals surface area (Å²) in [6.45, 7) is 11.9. The van der Waals surface area contributed by atoms with E-state index in [2.05, 4.69) is 9.80 Å². The Bertz CT molecular complexity index is 443. The lowest BCUT2D eigenvalue weighted by atomic mass is 10.3. The van der Waals surface area contributed by atoms with Crippen molar-refractivity contribution in [1.29, 1.82) is 0 Å². The van der Waals surface area contributed by atoms with E-state index in [1.54, 1.807) is 7.11 Å². The van der Waals surface area contributed by atoms with Gasteiger partial charge in [0.1, 0.15) is 6.10 Å². The molecule has 2 saturated heterocycles. The van der Waals surface area contributed by atoms with Gasteiger partial charge in [0.2, 0.25) is 0 Å². The van der Waals surface area contributed by atoms with E-state index in [0.717, 1.165) is 65.6 Å². The van der Waals surface area contributed by atoms with Crippen molar-refractivity contribution < 1.29 is 33.2 Å². The molecule has 176 valence electrons. The van der Waals surface area contributed by atoms with Crippen LogP contribution >= 0.6 is 0 Å². The number of rotatable bonds is 15. The fourth-order valence-electron chi connectivity index (χ4n) is 3.46. The van der Waals surface area contributed by atoms with Crippen LogP contribution in [0.15, 0.2) is 0 Å². The molecule has 2 aliphatic heterocycles. The molecular formula is C21H40N2O7. The molecule has 0 aliphatic carbocycles. The Hall–Kier alpha value is -0.810. The summed E-state index contributed by atoms with van der Waals surface area (Å²) in [6, 6.07) is 0. The minimum Gasteiger partial charge on any atom is -0.459 e. The molecule has 0 saturated carbocycles. The summed E-state index contributed by atoms with van der Waals surface area (Å²) in [7, 11) is 1.71. The third-order valence-electron chi connectivity index (χ3n) is 5.20. The summed E-state index contributed by atoms with van der Waals surface area (Å²) in [4.78, 5) is 16.5. The molecule has 0 spiro atoms. The smallest absolute Gasteiger partial charge is 0.306 e. The molecule has 0 N–H and O–H groups in total. The van der Waals surface area contributed by atoms with Gasteiger partial charge in [-0.15, -0.1) is 0 Å². The van der Waals surface area contributed by atoms with Crippen LogP contribution in [-0.2, 0) is 33.2 Å². The predicted octanol–water partition coefficient (Wildman–Crippen LogP) is 0.411. The second kappa shape index (κ2) is 15.9. The lowest BCUT2D eigenvalue weighted by molar-refractivity contribution is -0.154. The Labute approximate surface area is 180 Å². The molecule has 0 radical (unpaired) electrons. The monoisotopic (exact) mass is 432 g/mol. The van der Waals surface area contributed by atoms with Crippen molar-refractivity contribution in [3.05, 3.63) is 0 Å². The Morgan fingerprint density at radius 3 is 1.87 bits per heavy atom. The molecule has 9 nitrogen and oxygen atoms in total. The van der Waals surface area contributed by atoms with E-state index in [-0.39, 0.29) is 18.2 Å². The van der Waals surface area contributed by atoms with Crippen molar-refractivity contribution in [3.63, 3.8) is 0 Å². The van der Waals surface area contributed by atoms with Gasteiger partial charge in [0.25, 0.3) is 0 Å². The Balaban J connectivity index is 1.60. The highest BCUT2D eigenvalue weighted by molar-refractivity contribution is 5.69. The van der Waals surface area contributed by atoms with Crippen LogP contribution in [0.25, 0.3) is 0 Å². The number of esters is 1. The van der Waals surface area contributed by atoms with Crippen LogP contribution in [-0.4, -0.2) is 127 Å². The molecule has 2 aliphatic rings. The molecule has 0 aromatic carbocycles. The van der Waals surface area contributed by atoms with Gasteiger partial charge in [0.05, 0.1) is 59.0 Å². The normalized spacial score (nSPS) is 20.7. The molecule has 0 amide bonds. The van der Waals surface area contributed by atoms with Crippen molar-refractivity contribution >= 4 is 5.97 Å². The maximum atomic E-state index is 11.9. The first-order chi connectivity index (χ1) is 14.7. The topological polar surface area (TPSA) is 78.9 Å². The fraction of sp³-hybridized carbons (Fsp3) is 0.952. The largest absolute Gasteiger partial charge is 0.459 e. The summed E-state index contributed by atoms with van der Waals surface area (Å²) >= 11 is 0. The summed E-state index contributed by atoms with van der Waals surface area (Å²) in [6.07, 6.45) is 0.982. The molecule has 2 atom stereocenters. The SMILES string of the molecule is CCCC(=O)OC(COCCOCC(CN1CCOCC1)OC)CN1CCOCC1. The van der Waals surface area contributed by atoms with Crippen molar-refractivity contribution in [2.45, 2.75) is 32.0 Å². The minimum absolute atomic E-state index is 0.0344. The van der Waals surface area contributed by atoms with Gasteiger partial charge in [-0.25, -0.2) is 0 Å². The van der Waals surface area contributed by atoms with Crippen LogP contribution in [0.5, 0.6) is 0 Å². The standard InChI is InChI=1S/C21H40N2O7/c1-3-4-21(24)30-20(16-23-7-11-27-12-8-23)18-29-14-13-28-17-19(25-2)15-22-5-9-26-10-6-22/h19-20H,3-18H2,1-2H3. The van der Waals surface area contributed by atoms with Crippen LogP contribution in [0.2, 0.25) is 0 Å². The van der Waals surface area contributed by atoms with E-state index in [4.69, 9.17) is 28.4 Å². The van der Waals surface area contributed by atoms with Gasteiger partial charge in [-0.05, 0) is 6.42 Å². The number of carbonyl (C=O) groups is 1. The summed E-state index contributed by atoms with van der Waals surface area (Å²) in [5.41, 5.74) is 0. The summed E-state index contributed by atoms with van der Waals surface area (Å²) in [5, 5.41) is 0. The fourth-order valence-corrected chi connectivity index (χ4v) is 3.46. The van der Waals surface area contributed by atoms with Crippen molar-refractivity contribution in [2.24, 2.45) is 0 Å². The lowest BCUT2D eigenvalue weighted by Gasteiger charge is -2.30. The predicted molar refractivity (Wildman–Crippen MR) is 112 cm³/mol. The zero-order valence-electron chi connectivity index (χ0n) is 18.7. The van der Waals surface area contributed by atoms with E-state index >= 15 is 0 Å². The van der Waals surface area contributed by atoms with E-state index in [0.29, 0.717) is 39.4 Å². The molecule has 0 aromatic rings. The zero-order valence-corrected chi connectivity index (χ0v) is 18.7. The third-order valence-corrected chi connectivity index (χ3v) is 5.20. The number of methoxy groups -OCH3 is 1. The van der Waals surface area contributed by atoms with Crippen LogP contribution < -0.4 is 0 Å². The molecule has 30 heavy (non-hydrogen) atoms. The Kier molecular flexibility index (Phi) is 13.5. The highest BCUT2D eigenvalue weighted by Crippen LogP contribution is 2.06. The third kappa shape index (κ3) is 11.0. The second-order valence-corrected chi connectivity index (χ2v) is 7.70. The highest BCUT2D eigenvalue weighted by Gasteiger charge is 2.20. The van der Waals surface area contributed by atoms with Gasteiger partial charge < -0.3 is 28.4 Å². The average molecular weight is 433 g/mol. The zero-order chi connectivity index (χ0) is 21.4. The van der Waals surface area contributed by atoms with Crippen LogP contribution in [0.1, 0.15) is 19.8 Å². The van der Waals surface area contributed by atoms with Gasteiger partial charge in [-0.3, -0.25) is 14.6 Å². The summed E-state index contributed by atoms with van der Waals surface area (Å²) < 4.78 is 33.4. The number of nitrogens with zero attached hydrogens (tertiary/aromatic N) is 2. The highest BCUT2D eigenvalue weighted by atomic mass is 16.6. The van der Waals surface area contributed by atoms with E-state index in [1.807, 2.05) is 6.92 Å². The van der Waals surface area contributed by atoms with Crippen molar-refractivity contribution in [2.75, 3.05) is 99.2 Å². The van der Waals surface area contributed by atoms with Gasteiger partial charge in [-0.1, -0.05) is 6.92 Å². The maximum Gasteiger partial charge on any atom is 0.306 e. The van der Waals surface area contributed by atoms with E-state index in [9.17, 15) is 4.79 Å². The van der Waals surface area contributed by atoms with Crippen LogP contribution in [0.3, 0.4) is 0 Å². The molecule has 2 heterocycles. The lowest BCUT2D eigenvalue weighted by Crippen LogP contribution is -2.43. The first kappa shape index (κ1) is 25.5. The molecule has 0 bridgehead atoms.